The Morgan fingerprint density at radius 3 is 2.80 bits per heavy atom. The van der Waals surface area contributed by atoms with Gasteiger partial charge in [-0.2, -0.15) is 14.9 Å². The van der Waals surface area contributed by atoms with Gasteiger partial charge >= 0.3 is 0 Å². The predicted octanol–water partition coefficient (Wildman–Crippen LogP) is 3.22. The van der Waals surface area contributed by atoms with Crippen molar-refractivity contribution in [2.24, 2.45) is 5.10 Å². The highest BCUT2D eigenvalue weighted by atomic mass is 32.1. The number of rotatable bonds is 3. The number of nitrogens with one attached hydrogen (secondary N) is 1. The fourth-order valence-corrected chi connectivity index (χ4v) is 1.84. The average Bonchev–Trinajstić information content (AvgIpc) is 3.07. The van der Waals surface area contributed by atoms with E-state index in [2.05, 4.69) is 15.3 Å². The maximum Gasteiger partial charge on any atom is 0.216 e. The van der Waals surface area contributed by atoms with Crippen molar-refractivity contribution in [2.75, 3.05) is 0 Å². The zero-order valence-corrected chi connectivity index (χ0v) is 11.0. The molecule has 7 heteroatoms. The summed E-state index contributed by atoms with van der Waals surface area (Å²) < 4.78 is 19.9. The number of H-pyrrole nitrogens is 1. The summed E-state index contributed by atoms with van der Waals surface area (Å²) in [6, 6.07) is 9.46. The molecule has 0 aliphatic rings. The molecular formula is C13H9FN4OS. The van der Waals surface area contributed by atoms with Gasteiger partial charge in [0.25, 0.3) is 0 Å². The molecular weight excluding hydrogens is 279 g/mol. The number of aromatic amines is 1. The van der Waals surface area contributed by atoms with Crippen LogP contribution in [0.4, 0.5) is 4.39 Å². The molecule has 0 saturated carbocycles. The molecule has 0 spiro atoms. The van der Waals surface area contributed by atoms with Crippen LogP contribution in [0, 0.1) is 10.6 Å². The van der Waals surface area contributed by atoms with Gasteiger partial charge in [-0.1, -0.05) is 0 Å². The normalized spacial score (nSPS) is 11.2. The van der Waals surface area contributed by atoms with Crippen molar-refractivity contribution in [1.29, 1.82) is 0 Å². The molecule has 0 aliphatic carbocycles. The first kappa shape index (κ1) is 12.5. The molecule has 0 amide bonds. The van der Waals surface area contributed by atoms with Gasteiger partial charge in [-0.25, -0.2) is 9.49 Å². The Morgan fingerprint density at radius 2 is 2.10 bits per heavy atom. The first-order chi connectivity index (χ1) is 9.74. The minimum absolute atomic E-state index is 0.312. The second kappa shape index (κ2) is 5.22. The van der Waals surface area contributed by atoms with Gasteiger partial charge in [0, 0.05) is 5.56 Å². The van der Waals surface area contributed by atoms with E-state index in [0.29, 0.717) is 21.9 Å². The zero-order valence-electron chi connectivity index (χ0n) is 10.2. The molecule has 0 unspecified atom stereocenters. The van der Waals surface area contributed by atoms with Gasteiger partial charge < -0.3 is 4.42 Å². The maximum absolute atomic E-state index is 12.9. The average molecular weight is 288 g/mol. The van der Waals surface area contributed by atoms with Gasteiger partial charge in [0.1, 0.15) is 11.6 Å². The lowest BCUT2D eigenvalue weighted by molar-refractivity contribution is 0.559. The van der Waals surface area contributed by atoms with Crippen LogP contribution in [0.2, 0.25) is 0 Å². The first-order valence-electron chi connectivity index (χ1n) is 5.75. The van der Waals surface area contributed by atoms with Crippen molar-refractivity contribution in [2.45, 2.75) is 0 Å². The topological polar surface area (TPSA) is 59.1 Å². The molecule has 2 aromatic heterocycles. The predicted molar refractivity (Wildman–Crippen MR) is 74.5 cm³/mol. The van der Waals surface area contributed by atoms with Crippen LogP contribution in [0.3, 0.4) is 0 Å². The summed E-state index contributed by atoms with van der Waals surface area (Å²) in [5, 5.41) is 11.0. The highest BCUT2D eigenvalue weighted by Gasteiger charge is 2.08. The van der Waals surface area contributed by atoms with Gasteiger partial charge in [0.05, 0.1) is 12.5 Å². The summed E-state index contributed by atoms with van der Waals surface area (Å²) in [6.45, 7) is 0. The van der Waals surface area contributed by atoms with E-state index in [1.54, 1.807) is 30.5 Å². The Morgan fingerprint density at radius 1 is 1.30 bits per heavy atom. The van der Waals surface area contributed by atoms with E-state index in [1.807, 2.05) is 0 Å². The van der Waals surface area contributed by atoms with Crippen LogP contribution in [0.5, 0.6) is 0 Å². The Labute approximate surface area is 118 Å². The van der Waals surface area contributed by atoms with Crippen LogP contribution in [0.1, 0.15) is 5.76 Å². The Balaban J connectivity index is 2.01. The fraction of sp³-hybridized carbons (Fsp3) is 0. The monoisotopic (exact) mass is 288 g/mol. The second-order valence-corrected chi connectivity index (χ2v) is 4.32. The molecule has 2 heterocycles. The smallest absolute Gasteiger partial charge is 0.216 e. The molecule has 5 nitrogen and oxygen atoms in total. The molecule has 0 radical (unpaired) electrons. The van der Waals surface area contributed by atoms with E-state index in [4.69, 9.17) is 16.6 Å². The minimum atomic E-state index is -0.312. The summed E-state index contributed by atoms with van der Waals surface area (Å²) in [6.07, 6.45) is 3.08. The first-order valence-corrected chi connectivity index (χ1v) is 6.16. The standard InChI is InChI=1S/C13H9FN4OS/c14-10-5-3-9(4-6-10)12-16-17-13(20)18(12)15-8-11-2-1-7-19-11/h1-8H,(H,17,20)/b15-8+. The minimum Gasteiger partial charge on any atom is -0.463 e. The van der Waals surface area contributed by atoms with Gasteiger partial charge in [0.2, 0.25) is 4.77 Å². The molecule has 3 rings (SSSR count). The molecule has 100 valence electrons. The third kappa shape index (κ3) is 2.43. The van der Waals surface area contributed by atoms with E-state index >= 15 is 0 Å². The number of hydrogen-bond acceptors (Lipinski definition) is 4. The van der Waals surface area contributed by atoms with Crippen molar-refractivity contribution < 1.29 is 8.81 Å². The van der Waals surface area contributed by atoms with Crippen LogP contribution in [0.15, 0.2) is 52.2 Å². The van der Waals surface area contributed by atoms with Gasteiger partial charge in [0.15, 0.2) is 5.82 Å². The van der Waals surface area contributed by atoms with E-state index < -0.39 is 0 Å². The molecule has 1 aromatic carbocycles. The van der Waals surface area contributed by atoms with Crippen LogP contribution < -0.4 is 0 Å². The zero-order chi connectivity index (χ0) is 13.9. The number of benzene rings is 1. The number of halogens is 1. The summed E-state index contributed by atoms with van der Waals surface area (Å²) in [4.78, 5) is 0. The van der Waals surface area contributed by atoms with E-state index in [-0.39, 0.29) is 5.82 Å². The van der Waals surface area contributed by atoms with Crippen LogP contribution in [-0.2, 0) is 0 Å². The summed E-state index contributed by atoms with van der Waals surface area (Å²) in [5.74, 6) is 0.782. The van der Waals surface area contributed by atoms with Crippen molar-refractivity contribution in [3.05, 3.63) is 59.0 Å². The Bertz CT molecular complexity index is 787. The lowest BCUT2D eigenvalue weighted by Crippen LogP contribution is -1.94. The fourth-order valence-electron chi connectivity index (χ4n) is 1.66. The second-order valence-electron chi connectivity index (χ2n) is 3.93. The van der Waals surface area contributed by atoms with Gasteiger partial charge in [-0.3, -0.25) is 0 Å². The van der Waals surface area contributed by atoms with E-state index in [1.165, 1.54) is 23.0 Å². The lowest BCUT2D eigenvalue weighted by Gasteiger charge is -2.00. The number of hydrogen-bond donors (Lipinski definition) is 1. The molecule has 0 saturated heterocycles. The lowest BCUT2D eigenvalue weighted by atomic mass is 10.2. The Kier molecular flexibility index (Phi) is 3.26. The van der Waals surface area contributed by atoms with Crippen LogP contribution in [-0.4, -0.2) is 21.1 Å². The summed E-state index contributed by atoms with van der Waals surface area (Å²) >= 11 is 5.12. The molecule has 0 fully saturated rings. The third-order valence-corrected chi connectivity index (χ3v) is 2.86. The van der Waals surface area contributed by atoms with Crippen LogP contribution >= 0.6 is 12.2 Å². The number of furan rings is 1. The largest absolute Gasteiger partial charge is 0.463 e. The molecule has 0 bridgehead atoms. The SMILES string of the molecule is Fc1ccc(-c2n[nH]c(=S)n2/N=C/c2ccco2)cc1. The molecule has 0 aliphatic heterocycles. The summed E-state index contributed by atoms with van der Waals surface area (Å²) in [5.41, 5.74) is 0.704. The van der Waals surface area contributed by atoms with Gasteiger partial charge in [-0.05, 0) is 48.6 Å². The highest BCUT2D eigenvalue weighted by molar-refractivity contribution is 7.71. The van der Waals surface area contributed by atoms with Crippen molar-refractivity contribution in [3.63, 3.8) is 0 Å². The van der Waals surface area contributed by atoms with Crippen molar-refractivity contribution in [3.8, 4) is 11.4 Å². The van der Waals surface area contributed by atoms with Crippen LogP contribution in [0.25, 0.3) is 11.4 Å². The number of aromatic nitrogens is 3. The molecule has 0 atom stereocenters. The van der Waals surface area contributed by atoms with E-state index in [0.717, 1.165) is 0 Å². The summed E-state index contributed by atoms with van der Waals surface area (Å²) in [7, 11) is 0. The quantitative estimate of drug-likeness (QED) is 0.594. The molecule has 1 N–H and O–H groups in total. The number of nitrogens with zero attached hydrogens (tertiary/aromatic N) is 3. The highest BCUT2D eigenvalue weighted by Crippen LogP contribution is 2.17. The third-order valence-electron chi connectivity index (χ3n) is 2.60. The Hall–Kier alpha value is -2.54. The molecule has 20 heavy (non-hydrogen) atoms. The maximum atomic E-state index is 12.9. The molecule has 3 aromatic rings. The van der Waals surface area contributed by atoms with E-state index in [9.17, 15) is 4.39 Å². The van der Waals surface area contributed by atoms with Crippen molar-refractivity contribution in [1.82, 2.24) is 14.9 Å². The van der Waals surface area contributed by atoms with Gasteiger partial charge in [-0.15, -0.1) is 0 Å². The van der Waals surface area contributed by atoms with Crippen molar-refractivity contribution >= 4 is 18.4 Å².